The fraction of sp³-hybridized carbons (Fsp3) is 0.625. The van der Waals surface area contributed by atoms with Crippen LogP contribution in [0.15, 0.2) is 11.5 Å². The molecule has 4 nitrogen and oxygen atoms in total. The molecule has 2 N–H and O–H groups in total. The van der Waals surface area contributed by atoms with E-state index in [1.807, 2.05) is 0 Å². The number of thiocarbonyl (C=S) groups is 1. The average Bonchev–Trinajstić information content (AvgIpc) is 2.11. The zero-order valence-electron chi connectivity index (χ0n) is 8.47. The summed E-state index contributed by atoms with van der Waals surface area (Å²) in [7, 11) is -4.00. The summed E-state index contributed by atoms with van der Waals surface area (Å²) in [6, 6.07) is 0. The van der Waals surface area contributed by atoms with Gasteiger partial charge in [-0.2, -0.15) is 8.42 Å². The SMILES string of the molecule is CCCCNC(=S)SC/C=C\S(=O)(=O)O. The highest BCUT2D eigenvalue weighted by atomic mass is 32.2. The van der Waals surface area contributed by atoms with E-state index in [9.17, 15) is 8.42 Å². The summed E-state index contributed by atoms with van der Waals surface area (Å²) >= 11 is 6.31. The number of hydrogen-bond acceptors (Lipinski definition) is 4. The summed E-state index contributed by atoms with van der Waals surface area (Å²) in [5.74, 6) is 0.428. The number of thioether (sulfide) groups is 1. The second-order valence-electron chi connectivity index (χ2n) is 2.77. The van der Waals surface area contributed by atoms with Crippen molar-refractivity contribution >= 4 is 38.4 Å². The van der Waals surface area contributed by atoms with Crippen LogP contribution in [0.2, 0.25) is 0 Å². The summed E-state index contributed by atoms with van der Waals surface area (Å²) in [6.07, 6.45) is 3.51. The zero-order chi connectivity index (χ0) is 11.7. The molecule has 0 fully saturated rings. The molecule has 0 saturated heterocycles. The standard InChI is InChI=1S/C8H15NO3S3/c1-2-3-5-9-8(13)14-6-4-7-15(10,11)12/h4,7H,2-3,5-6H2,1H3,(H,9,13)(H,10,11,12)/b7-4-. The molecule has 15 heavy (non-hydrogen) atoms. The van der Waals surface area contributed by atoms with Crippen LogP contribution in [0, 0.1) is 0 Å². The van der Waals surface area contributed by atoms with Gasteiger partial charge in [0.15, 0.2) is 0 Å². The lowest BCUT2D eigenvalue weighted by Gasteiger charge is -2.04. The second kappa shape index (κ2) is 8.09. The topological polar surface area (TPSA) is 66.4 Å². The smallest absolute Gasteiger partial charge is 0.287 e. The Morgan fingerprint density at radius 2 is 2.27 bits per heavy atom. The maximum atomic E-state index is 10.3. The molecule has 0 atom stereocenters. The average molecular weight is 269 g/mol. The van der Waals surface area contributed by atoms with Crippen molar-refractivity contribution in [2.24, 2.45) is 0 Å². The number of nitrogens with one attached hydrogen (secondary N) is 1. The van der Waals surface area contributed by atoms with Gasteiger partial charge in [0, 0.05) is 12.3 Å². The molecule has 0 aliphatic rings. The lowest BCUT2D eigenvalue weighted by molar-refractivity contribution is 0.494. The molecule has 0 aliphatic heterocycles. The third-order valence-electron chi connectivity index (χ3n) is 1.38. The van der Waals surface area contributed by atoms with Gasteiger partial charge in [0.2, 0.25) is 0 Å². The highest BCUT2D eigenvalue weighted by Crippen LogP contribution is 2.03. The van der Waals surface area contributed by atoms with Crippen molar-refractivity contribution in [3.63, 3.8) is 0 Å². The predicted octanol–water partition coefficient (Wildman–Crippen LogP) is 1.80. The molecule has 0 amide bonds. The van der Waals surface area contributed by atoms with Gasteiger partial charge in [-0.05, 0) is 6.42 Å². The first-order valence-electron chi connectivity index (χ1n) is 4.50. The zero-order valence-corrected chi connectivity index (χ0v) is 10.9. The van der Waals surface area contributed by atoms with E-state index in [2.05, 4.69) is 12.2 Å². The summed E-state index contributed by atoms with van der Waals surface area (Å²) in [5, 5.41) is 3.79. The molecule has 0 aliphatic carbocycles. The van der Waals surface area contributed by atoms with E-state index >= 15 is 0 Å². The maximum Gasteiger partial charge on any atom is 0.287 e. The van der Waals surface area contributed by atoms with Gasteiger partial charge in [-0.15, -0.1) is 0 Å². The molecule has 0 aromatic rings. The Kier molecular flexibility index (Phi) is 8.03. The Labute approximate surface area is 100 Å². The highest BCUT2D eigenvalue weighted by Gasteiger charge is 1.96. The van der Waals surface area contributed by atoms with E-state index in [4.69, 9.17) is 16.8 Å². The van der Waals surface area contributed by atoms with Crippen LogP contribution in [-0.2, 0) is 10.1 Å². The minimum Gasteiger partial charge on any atom is -0.371 e. The van der Waals surface area contributed by atoms with Gasteiger partial charge in [-0.1, -0.05) is 43.4 Å². The van der Waals surface area contributed by atoms with Gasteiger partial charge >= 0.3 is 0 Å². The van der Waals surface area contributed by atoms with Gasteiger partial charge in [-0.3, -0.25) is 4.55 Å². The summed E-state index contributed by atoms with van der Waals surface area (Å²) in [5.41, 5.74) is 0. The second-order valence-corrected chi connectivity index (χ2v) is 5.76. The molecule has 88 valence electrons. The minimum atomic E-state index is -4.00. The molecule has 0 spiro atoms. The molecular weight excluding hydrogens is 254 g/mol. The van der Waals surface area contributed by atoms with E-state index in [0.29, 0.717) is 10.1 Å². The maximum absolute atomic E-state index is 10.3. The predicted molar refractivity (Wildman–Crippen MR) is 68.7 cm³/mol. The lowest BCUT2D eigenvalue weighted by Crippen LogP contribution is -2.19. The summed E-state index contributed by atoms with van der Waals surface area (Å²) in [6.45, 7) is 2.93. The van der Waals surface area contributed by atoms with Gasteiger partial charge in [0.1, 0.15) is 4.32 Å². The van der Waals surface area contributed by atoms with Crippen LogP contribution < -0.4 is 5.32 Å². The van der Waals surface area contributed by atoms with Crippen LogP contribution in [0.1, 0.15) is 19.8 Å². The molecule has 7 heteroatoms. The Balaban J connectivity index is 3.60. The number of hydrogen-bond donors (Lipinski definition) is 2. The number of rotatable bonds is 6. The van der Waals surface area contributed by atoms with E-state index in [0.717, 1.165) is 24.8 Å². The van der Waals surface area contributed by atoms with Crippen LogP contribution in [0.4, 0.5) is 0 Å². The molecular formula is C8H15NO3S3. The van der Waals surface area contributed by atoms with Crippen molar-refractivity contribution in [2.45, 2.75) is 19.8 Å². The Morgan fingerprint density at radius 3 is 2.80 bits per heavy atom. The van der Waals surface area contributed by atoms with Crippen LogP contribution in [0.3, 0.4) is 0 Å². The van der Waals surface area contributed by atoms with Crippen molar-refractivity contribution in [1.29, 1.82) is 0 Å². The van der Waals surface area contributed by atoms with Crippen LogP contribution in [0.25, 0.3) is 0 Å². The lowest BCUT2D eigenvalue weighted by atomic mass is 10.3. The van der Waals surface area contributed by atoms with Crippen molar-refractivity contribution in [1.82, 2.24) is 5.32 Å². The van der Waals surface area contributed by atoms with E-state index in [1.165, 1.54) is 17.8 Å². The first kappa shape index (κ1) is 14.9. The highest BCUT2D eigenvalue weighted by molar-refractivity contribution is 8.23. The monoisotopic (exact) mass is 269 g/mol. The Bertz CT molecular complexity index is 311. The summed E-state index contributed by atoms with van der Waals surface area (Å²) < 4.78 is 29.6. The van der Waals surface area contributed by atoms with Crippen molar-refractivity contribution in [3.8, 4) is 0 Å². The van der Waals surface area contributed by atoms with Gasteiger partial charge < -0.3 is 5.32 Å². The van der Waals surface area contributed by atoms with Crippen molar-refractivity contribution in [3.05, 3.63) is 11.5 Å². The third kappa shape index (κ3) is 11.8. The van der Waals surface area contributed by atoms with Crippen molar-refractivity contribution in [2.75, 3.05) is 12.3 Å². The van der Waals surface area contributed by atoms with Gasteiger partial charge in [-0.25, -0.2) is 0 Å². The van der Waals surface area contributed by atoms with E-state index < -0.39 is 10.1 Å². The molecule has 0 aromatic heterocycles. The molecule has 0 aromatic carbocycles. The minimum absolute atomic E-state index is 0.428. The molecule has 0 unspecified atom stereocenters. The molecule has 0 saturated carbocycles. The normalized spacial score (nSPS) is 11.9. The Hall–Kier alpha value is -0.110. The molecule has 0 heterocycles. The first-order chi connectivity index (χ1) is 6.95. The fourth-order valence-corrected chi connectivity index (χ4v) is 2.02. The molecule has 0 bridgehead atoms. The van der Waals surface area contributed by atoms with Gasteiger partial charge in [0.25, 0.3) is 10.1 Å². The molecule has 0 radical (unpaired) electrons. The van der Waals surface area contributed by atoms with Crippen LogP contribution in [-0.4, -0.2) is 29.6 Å². The van der Waals surface area contributed by atoms with E-state index in [-0.39, 0.29) is 0 Å². The van der Waals surface area contributed by atoms with E-state index in [1.54, 1.807) is 0 Å². The Morgan fingerprint density at radius 1 is 1.60 bits per heavy atom. The fourth-order valence-electron chi connectivity index (χ4n) is 0.703. The van der Waals surface area contributed by atoms with Crippen LogP contribution in [0.5, 0.6) is 0 Å². The molecule has 0 rings (SSSR count). The van der Waals surface area contributed by atoms with Gasteiger partial charge in [0.05, 0.1) is 5.41 Å². The quantitative estimate of drug-likeness (QED) is 0.435. The third-order valence-corrected chi connectivity index (χ3v) is 3.18. The summed E-state index contributed by atoms with van der Waals surface area (Å²) in [4.78, 5) is 0. The number of unbranched alkanes of at least 4 members (excludes halogenated alkanes) is 1. The largest absolute Gasteiger partial charge is 0.371 e. The van der Waals surface area contributed by atoms with Crippen LogP contribution >= 0.6 is 24.0 Å². The van der Waals surface area contributed by atoms with Crippen molar-refractivity contribution < 1.29 is 13.0 Å². The first-order valence-corrected chi connectivity index (χ1v) is 7.40.